The van der Waals surface area contributed by atoms with Crippen molar-refractivity contribution in [3.05, 3.63) is 33.8 Å². The monoisotopic (exact) mass is 340 g/mol. The van der Waals surface area contributed by atoms with Gasteiger partial charge >= 0.3 is 6.18 Å². The van der Waals surface area contributed by atoms with Crippen LogP contribution in [0.5, 0.6) is 0 Å². The Balaban J connectivity index is 2.00. The topological polar surface area (TPSA) is 29.3 Å². The molecule has 2 atom stereocenters. The molecule has 21 heavy (non-hydrogen) atoms. The van der Waals surface area contributed by atoms with E-state index in [0.717, 1.165) is 5.56 Å². The third-order valence-electron chi connectivity index (χ3n) is 3.56. The van der Waals surface area contributed by atoms with Crippen molar-refractivity contribution in [1.82, 2.24) is 4.90 Å². The van der Waals surface area contributed by atoms with E-state index in [1.807, 2.05) is 11.0 Å². The lowest BCUT2D eigenvalue weighted by molar-refractivity contribution is -0.148. The molecule has 2 unspecified atom stereocenters. The summed E-state index contributed by atoms with van der Waals surface area (Å²) in [4.78, 5) is 1.95. The zero-order valence-electron chi connectivity index (χ0n) is 11.3. The Bertz CT molecular complexity index is 494. The third kappa shape index (κ3) is 5.33. The molecule has 2 N–H and O–H groups in total. The van der Waals surface area contributed by atoms with Gasteiger partial charge in [-0.2, -0.15) is 13.2 Å². The van der Waals surface area contributed by atoms with Crippen LogP contribution >= 0.6 is 23.2 Å². The minimum absolute atomic E-state index is 0.228. The normalized spacial score (nSPS) is 24.3. The van der Waals surface area contributed by atoms with Gasteiger partial charge in [-0.3, -0.25) is 4.90 Å². The van der Waals surface area contributed by atoms with Gasteiger partial charge in [-0.1, -0.05) is 29.3 Å². The molecule has 1 fully saturated rings. The first kappa shape index (κ1) is 16.9. The molecule has 1 saturated heterocycles. The molecule has 0 spiro atoms. The van der Waals surface area contributed by atoms with Crippen molar-refractivity contribution >= 4 is 23.2 Å². The van der Waals surface area contributed by atoms with Gasteiger partial charge in [0.2, 0.25) is 0 Å². The van der Waals surface area contributed by atoms with Crippen molar-refractivity contribution in [3.63, 3.8) is 0 Å². The van der Waals surface area contributed by atoms with Crippen molar-refractivity contribution < 1.29 is 13.2 Å². The Morgan fingerprint density at radius 1 is 1.19 bits per heavy atom. The number of piperidine rings is 1. The fourth-order valence-electron chi connectivity index (χ4n) is 2.85. The van der Waals surface area contributed by atoms with Gasteiger partial charge in [0.15, 0.2) is 0 Å². The van der Waals surface area contributed by atoms with Crippen LogP contribution in [-0.2, 0) is 6.54 Å². The summed E-state index contributed by atoms with van der Waals surface area (Å²) in [5, 5.41) is 0.910. The average Bonchev–Trinajstić information content (AvgIpc) is 2.31. The van der Waals surface area contributed by atoms with E-state index in [1.165, 1.54) is 0 Å². The molecule has 7 heteroatoms. The van der Waals surface area contributed by atoms with Crippen molar-refractivity contribution in [2.75, 3.05) is 13.1 Å². The second kappa shape index (κ2) is 6.73. The van der Waals surface area contributed by atoms with Crippen LogP contribution in [0.2, 0.25) is 10.0 Å². The predicted octanol–water partition coefficient (Wildman–Crippen LogP) is 4.10. The van der Waals surface area contributed by atoms with Crippen molar-refractivity contribution in [2.45, 2.75) is 31.6 Å². The highest BCUT2D eigenvalue weighted by Crippen LogP contribution is 2.31. The smallest absolute Gasteiger partial charge is 0.327 e. The SMILES string of the molecule is NC1CC(CC(F)(F)F)CN(Cc2ccc(Cl)c(Cl)c2)C1. The second-order valence-electron chi connectivity index (χ2n) is 5.62. The number of hydrogen-bond acceptors (Lipinski definition) is 2. The van der Waals surface area contributed by atoms with E-state index < -0.39 is 18.5 Å². The van der Waals surface area contributed by atoms with Crippen LogP contribution in [0.25, 0.3) is 0 Å². The number of likely N-dealkylation sites (tertiary alicyclic amines) is 1. The highest BCUT2D eigenvalue weighted by molar-refractivity contribution is 6.42. The molecule has 1 aliphatic rings. The highest BCUT2D eigenvalue weighted by Gasteiger charge is 2.35. The van der Waals surface area contributed by atoms with Gasteiger partial charge in [0.05, 0.1) is 10.0 Å². The summed E-state index contributed by atoms with van der Waals surface area (Å²) in [5.74, 6) is -0.448. The predicted molar refractivity (Wildman–Crippen MR) is 78.5 cm³/mol. The summed E-state index contributed by atoms with van der Waals surface area (Å²) in [7, 11) is 0. The molecule has 0 aliphatic carbocycles. The summed E-state index contributed by atoms with van der Waals surface area (Å²) in [6.45, 7) is 1.51. The highest BCUT2D eigenvalue weighted by atomic mass is 35.5. The van der Waals surface area contributed by atoms with Crippen molar-refractivity contribution in [1.29, 1.82) is 0 Å². The molecule has 1 aromatic rings. The zero-order valence-corrected chi connectivity index (χ0v) is 12.8. The largest absolute Gasteiger partial charge is 0.389 e. The van der Waals surface area contributed by atoms with Crippen LogP contribution in [0.3, 0.4) is 0 Å². The van der Waals surface area contributed by atoms with E-state index in [0.29, 0.717) is 36.1 Å². The van der Waals surface area contributed by atoms with Crippen LogP contribution in [0, 0.1) is 5.92 Å². The minimum atomic E-state index is -4.14. The summed E-state index contributed by atoms with van der Waals surface area (Å²) in [5.41, 5.74) is 6.81. The molecule has 2 nitrogen and oxygen atoms in total. The zero-order chi connectivity index (χ0) is 15.6. The van der Waals surface area contributed by atoms with Gasteiger partial charge in [0.25, 0.3) is 0 Å². The molecule has 1 aromatic carbocycles. The summed E-state index contributed by atoms with van der Waals surface area (Å²) in [6, 6.07) is 5.03. The maximum atomic E-state index is 12.5. The minimum Gasteiger partial charge on any atom is -0.327 e. The van der Waals surface area contributed by atoms with E-state index in [1.54, 1.807) is 12.1 Å². The molecular formula is C14H17Cl2F3N2. The van der Waals surface area contributed by atoms with Gasteiger partial charge in [0.1, 0.15) is 0 Å². The Labute approximate surface area is 132 Å². The number of nitrogens with zero attached hydrogens (tertiary/aromatic N) is 1. The molecule has 1 heterocycles. The van der Waals surface area contributed by atoms with Crippen LogP contribution < -0.4 is 5.73 Å². The number of nitrogens with two attached hydrogens (primary N) is 1. The first-order chi connectivity index (χ1) is 9.73. The Hall–Kier alpha value is -0.490. The van der Waals surface area contributed by atoms with E-state index >= 15 is 0 Å². The van der Waals surface area contributed by atoms with E-state index in [2.05, 4.69) is 0 Å². The molecular weight excluding hydrogens is 324 g/mol. The van der Waals surface area contributed by atoms with Gasteiger partial charge in [-0.15, -0.1) is 0 Å². The lowest BCUT2D eigenvalue weighted by Crippen LogP contribution is -2.47. The molecule has 0 aromatic heterocycles. The average molecular weight is 341 g/mol. The van der Waals surface area contributed by atoms with Crippen molar-refractivity contribution in [2.24, 2.45) is 11.7 Å². The Morgan fingerprint density at radius 2 is 1.90 bits per heavy atom. The summed E-state index contributed by atoms with van der Waals surface area (Å²) in [6.07, 6.45) is -4.51. The first-order valence-electron chi connectivity index (χ1n) is 6.71. The number of hydrogen-bond donors (Lipinski definition) is 1. The summed E-state index contributed by atoms with van der Waals surface area (Å²) >= 11 is 11.8. The number of rotatable bonds is 3. The fourth-order valence-corrected chi connectivity index (χ4v) is 3.17. The molecule has 0 bridgehead atoms. The lowest BCUT2D eigenvalue weighted by Gasteiger charge is -2.36. The number of benzene rings is 1. The lowest BCUT2D eigenvalue weighted by atomic mass is 9.91. The molecule has 0 saturated carbocycles. The maximum Gasteiger partial charge on any atom is 0.389 e. The van der Waals surface area contributed by atoms with Gasteiger partial charge in [-0.05, 0) is 30.0 Å². The third-order valence-corrected chi connectivity index (χ3v) is 4.29. The number of halogens is 5. The summed E-state index contributed by atoms with van der Waals surface area (Å²) < 4.78 is 37.6. The second-order valence-corrected chi connectivity index (χ2v) is 6.44. The number of alkyl halides is 3. The van der Waals surface area contributed by atoms with Gasteiger partial charge in [-0.25, -0.2) is 0 Å². The van der Waals surface area contributed by atoms with E-state index in [-0.39, 0.29) is 6.04 Å². The van der Waals surface area contributed by atoms with Crippen LogP contribution in [0.15, 0.2) is 18.2 Å². The maximum absolute atomic E-state index is 12.5. The molecule has 0 radical (unpaired) electrons. The molecule has 1 aliphatic heterocycles. The van der Waals surface area contributed by atoms with Gasteiger partial charge < -0.3 is 5.73 Å². The van der Waals surface area contributed by atoms with E-state index in [4.69, 9.17) is 28.9 Å². The Morgan fingerprint density at radius 3 is 2.52 bits per heavy atom. The molecule has 118 valence electrons. The first-order valence-corrected chi connectivity index (χ1v) is 7.47. The van der Waals surface area contributed by atoms with Crippen LogP contribution in [0.4, 0.5) is 13.2 Å². The van der Waals surface area contributed by atoms with E-state index in [9.17, 15) is 13.2 Å². The molecule has 0 amide bonds. The molecule has 2 rings (SSSR count). The van der Waals surface area contributed by atoms with Crippen LogP contribution in [0.1, 0.15) is 18.4 Å². The quantitative estimate of drug-likeness (QED) is 0.897. The fraction of sp³-hybridized carbons (Fsp3) is 0.571. The standard InChI is InChI=1S/C14H17Cl2F3N2/c15-12-2-1-9(4-13(12)16)6-21-7-10(3-11(20)8-21)5-14(17,18)19/h1-2,4,10-11H,3,5-8,20H2. The van der Waals surface area contributed by atoms with Gasteiger partial charge in [0, 0.05) is 32.1 Å². The van der Waals surface area contributed by atoms with Crippen molar-refractivity contribution in [3.8, 4) is 0 Å². The van der Waals surface area contributed by atoms with Crippen LogP contribution in [-0.4, -0.2) is 30.2 Å². The Kier molecular flexibility index (Phi) is 5.41.